The molecule has 2 aromatic rings. The Labute approximate surface area is 128 Å². The minimum Gasteiger partial charge on any atom is -0.497 e. The Balaban J connectivity index is 2.16. The molecule has 0 aliphatic carbocycles. The average Bonchev–Trinajstić information content (AvgIpc) is 2.46. The van der Waals surface area contributed by atoms with Crippen LogP contribution in [-0.2, 0) is 0 Å². The molecule has 1 amide bonds. The third kappa shape index (κ3) is 3.89. The van der Waals surface area contributed by atoms with E-state index in [2.05, 4.69) is 5.32 Å². The van der Waals surface area contributed by atoms with E-state index in [0.29, 0.717) is 22.0 Å². The first kappa shape index (κ1) is 15.2. The molecule has 2 rings (SSSR count). The minimum absolute atomic E-state index is 0.163. The monoisotopic (exact) mass is 304 g/mol. The Hall–Kier alpha value is -2.20. The van der Waals surface area contributed by atoms with Gasteiger partial charge in [-0.15, -0.1) is 0 Å². The number of nitrogen functional groups attached to an aromatic ring is 1. The lowest BCUT2D eigenvalue weighted by atomic mass is 10.1. The topological polar surface area (TPSA) is 64.3 Å². The highest BCUT2D eigenvalue weighted by molar-refractivity contribution is 6.30. The molecule has 0 bridgehead atoms. The van der Waals surface area contributed by atoms with Crippen molar-refractivity contribution in [3.8, 4) is 5.75 Å². The van der Waals surface area contributed by atoms with Crippen LogP contribution in [0, 0.1) is 0 Å². The number of nitrogens with two attached hydrogens (primary N) is 1. The number of benzene rings is 2. The molecule has 0 saturated heterocycles. The van der Waals surface area contributed by atoms with Crippen LogP contribution in [0.25, 0.3) is 0 Å². The molecule has 5 heteroatoms. The Morgan fingerprint density at radius 1 is 1.29 bits per heavy atom. The summed E-state index contributed by atoms with van der Waals surface area (Å²) in [4.78, 5) is 12.3. The van der Waals surface area contributed by atoms with Gasteiger partial charge in [0.1, 0.15) is 5.75 Å². The zero-order valence-corrected chi connectivity index (χ0v) is 12.6. The van der Waals surface area contributed by atoms with E-state index in [1.54, 1.807) is 24.3 Å². The summed E-state index contributed by atoms with van der Waals surface area (Å²) >= 11 is 5.96. The smallest absolute Gasteiger partial charge is 0.251 e. The second-order valence-corrected chi connectivity index (χ2v) is 5.18. The summed E-state index contributed by atoms with van der Waals surface area (Å²) in [6, 6.07) is 12.1. The van der Waals surface area contributed by atoms with Crippen LogP contribution in [0.5, 0.6) is 5.75 Å². The normalized spacial score (nSPS) is 11.8. The van der Waals surface area contributed by atoms with Crippen LogP contribution in [0.3, 0.4) is 0 Å². The number of carbonyl (C=O) groups excluding carboxylic acids is 1. The van der Waals surface area contributed by atoms with Crippen molar-refractivity contribution in [2.24, 2.45) is 0 Å². The van der Waals surface area contributed by atoms with Crippen LogP contribution in [0.4, 0.5) is 5.69 Å². The van der Waals surface area contributed by atoms with Gasteiger partial charge in [0.2, 0.25) is 0 Å². The Kier molecular flexibility index (Phi) is 4.70. The van der Waals surface area contributed by atoms with E-state index in [9.17, 15) is 4.79 Å². The molecule has 0 aliphatic heterocycles. The van der Waals surface area contributed by atoms with Gasteiger partial charge in [0.05, 0.1) is 13.2 Å². The van der Waals surface area contributed by atoms with Gasteiger partial charge in [-0.25, -0.2) is 0 Å². The molecule has 0 saturated carbocycles. The summed E-state index contributed by atoms with van der Waals surface area (Å²) < 4.78 is 5.11. The number of ether oxygens (including phenoxy) is 1. The van der Waals surface area contributed by atoms with Gasteiger partial charge in [0, 0.05) is 22.3 Å². The Bertz CT molecular complexity index is 658. The molecule has 1 unspecified atom stereocenters. The predicted octanol–water partition coefficient (Wildman–Crippen LogP) is 3.42. The summed E-state index contributed by atoms with van der Waals surface area (Å²) in [6.45, 7) is 1.90. The van der Waals surface area contributed by atoms with Gasteiger partial charge < -0.3 is 15.8 Å². The molecule has 21 heavy (non-hydrogen) atoms. The van der Waals surface area contributed by atoms with Crippen molar-refractivity contribution in [1.82, 2.24) is 5.32 Å². The average molecular weight is 305 g/mol. The molecule has 2 aromatic carbocycles. The number of nitrogens with one attached hydrogen (secondary N) is 1. The molecular formula is C16H17ClN2O2. The van der Waals surface area contributed by atoms with E-state index >= 15 is 0 Å². The van der Waals surface area contributed by atoms with Gasteiger partial charge in [-0.05, 0) is 36.8 Å². The van der Waals surface area contributed by atoms with Crippen molar-refractivity contribution in [2.75, 3.05) is 12.8 Å². The van der Waals surface area contributed by atoms with Crippen molar-refractivity contribution in [1.29, 1.82) is 0 Å². The van der Waals surface area contributed by atoms with E-state index in [0.717, 1.165) is 5.56 Å². The highest BCUT2D eigenvalue weighted by atomic mass is 35.5. The van der Waals surface area contributed by atoms with Gasteiger partial charge in [-0.1, -0.05) is 23.7 Å². The van der Waals surface area contributed by atoms with Gasteiger partial charge in [-0.2, -0.15) is 0 Å². The zero-order chi connectivity index (χ0) is 15.4. The molecule has 110 valence electrons. The summed E-state index contributed by atoms with van der Waals surface area (Å²) in [5, 5.41) is 3.55. The van der Waals surface area contributed by atoms with Crippen molar-refractivity contribution in [3.05, 3.63) is 58.6 Å². The van der Waals surface area contributed by atoms with Crippen LogP contribution in [0.1, 0.15) is 28.9 Å². The standard InChI is InChI=1S/C16H17ClN2O2/c1-10(11-4-3-5-13(17)6-11)19-16(20)12-7-14(18)9-15(8-12)21-2/h3-10H,18H2,1-2H3,(H,19,20). The number of hydrogen-bond acceptors (Lipinski definition) is 3. The minimum atomic E-state index is -0.215. The summed E-state index contributed by atoms with van der Waals surface area (Å²) in [5.41, 5.74) is 7.63. The molecule has 1 atom stereocenters. The number of rotatable bonds is 4. The van der Waals surface area contributed by atoms with Crippen LogP contribution in [0.15, 0.2) is 42.5 Å². The van der Waals surface area contributed by atoms with Gasteiger partial charge in [0.25, 0.3) is 5.91 Å². The first-order chi connectivity index (χ1) is 9.99. The lowest BCUT2D eigenvalue weighted by Gasteiger charge is -2.15. The third-order valence-electron chi connectivity index (χ3n) is 3.12. The quantitative estimate of drug-likeness (QED) is 0.851. The number of methoxy groups -OCH3 is 1. The second kappa shape index (κ2) is 6.50. The van der Waals surface area contributed by atoms with E-state index < -0.39 is 0 Å². The molecule has 0 aliphatic rings. The maximum atomic E-state index is 12.3. The van der Waals surface area contributed by atoms with Crippen LogP contribution in [-0.4, -0.2) is 13.0 Å². The van der Waals surface area contributed by atoms with Crippen molar-refractivity contribution >= 4 is 23.2 Å². The highest BCUT2D eigenvalue weighted by Gasteiger charge is 2.13. The summed E-state index contributed by atoms with van der Waals surface area (Å²) in [7, 11) is 1.53. The largest absolute Gasteiger partial charge is 0.497 e. The third-order valence-corrected chi connectivity index (χ3v) is 3.36. The maximum Gasteiger partial charge on any atom is 0.251 e. The van der Waals surface area contributed by atoms with E-state index in [1.807, 2.05) is 25.1 Å². The fourth-order valence-electron chi connectivity index (χ4n) is 2.01. The zero-order valence-electron chi connectivity index (χ0n) is 11.9. The SMILES string of the molecule is COc1cc(N)cc(C(=O)NC(C)c2cccc(Cl)c2)c1. The highest BCUT2D eigenvalue weighted by Crippen LogP contribution is 2.21. The predicted molar refractivity (Wildman–Crippen MR) is 84.7 cm³/mol. The molecule has 4 nitrogen and oxygen atoms in total. The fourth-order valence-corrected chi connectivity index (χ4v) is 2.21. The number of anilines is 1. The number of carbonyl (C=O) groups is 1. The van der Waals surface area contributed by atoms with E-state index in [4.69, 9.17) is 22.1 Å². The molecule has 0 spiro atoms. The molecule has 0 heterocycles. The molecule has 0 fully saturated rings. The first-order valence-corrected chi connectivity index (χ1v) is 6.88. The van der Waals surface area contributed by atoms with Gasteiger partial charge >= 0.3 is 0 Å². The molecule has 0 radical (unpaired) electrons. The number of amides is 1. The molecule has 3 N–H and O–H groups in total. The summed E-state index contributed by atoms with van der Waals surface area (Å²) in [5.74, 6) is 0.337. The second-order valence-electron chi connectivity index (χ2n) is 4.75. The summed E-state index contributed by atoms with van der Waals surface area (Å²) in [6.07, 6.45) is 0. The van der Waals surface area contributed by atoms with Crippen LogP contribution in [0.2, 0.25) is 5.02 Å². The molecule has 0 aromatic heterocycles. The van der Waals surface area contributed by atoms with Crippen molar-refractivity contribution < 1.29 is 9.53 Å². The van der Waals surface area contributed by atoms with E-state index in [1.165, 1.54) is 7.11 Å². The van der Waals surface area contributed by atoms with E-state index in [-0.39, 0.29) is 11.9 Å². The number of halogens is 1. The maximum absolute atomic E-state index is 12.3. The van der Waals surface area contributed by atoms with Crippen LogP contribution < -0.4 is 15.8 Å². The van der Waals surface area contributed by atoms with Gasteiger partial charge in [-0.3, -0.25) is 4.79 Å². The lowest BCUT2D eigenvalue weighted by Crippen LogP contribution is -2.26. The molecular weight excluding hydrogens is 288 g/mol. The Morgan fingerprint density at radius 2 is 2.05 bits per heavy atom. The number of hydrogen-bond donors (Lipinski definition) is 2. The lowest BCUT2D eigenvalue weighted by molar-refractivity contribution is 0.0939. The fraction of sp³-hybridized carbons (Fsp3) is 0.188. The van der Waals surface area contributed by atoms with Crippen molar-refractivity contribution in [3.63, 3.8) is 0 Å². The first-order valence-electron chi connectivity index (χ1n) is 6.50. The van der Waals surface area contributed by atoms with Crippen LogP contribution >= 0.6 is 11.6 Å². The van der Waals surface area contributed by atoms with Crippen molar-refractivity contribution in [2.45, 2.75) is 13.0 Å². The Morgan fingerprint density at radius 3 is 2.71 bits per heavy atom. The van der Waals surface area contributed by atoms with Gasteiger partial charge in [0.15, 0.2) is 0 Å².